The molecule has 2 aromatic heterocycles. The number of ether oxygens (including phenoxy) is 2. The summed E-state index contributed by atoms with van der Waals surface area (Å²) in [6.45, 7) is -0.603. The molecule has 218 valence electrons. The van der Waals surface area contributed by atoms with Crippen LogP contribution in [0.5, 0.6) is 5.75 Å². The van der Waals surface area contributed by atoms with E-state index in [1.807, 2.05) is 0 Å². The Balaban J connectivity index is 1.68. The lowest BCUT2D eigenvalue weighted by Crippen LogP contribution is -2.45. The van der Waals surface area contributed by atoms with E-state index in [9.17, 15) is 23.7 Å². The largest absolute Gasteiger partial charge is 0.463 e. The molecule has 0 radical (unpaired) electrons. The molecule has 13 nitrogen and oxygen atoms in total. The number of rotatable bonds is 11. The number of alkyl halides is 2. The summed E-state index contributed by atoms with van der Waals surface area (Å²) in [7, 11) is -4.65. The first-order valence-electron chi connectivity index (χ1n) is 13.2. The number of benzene rings is 1. The topological polar surface area (TPSA) is 181 Å². The summed E-state index contributed by atoms with van der Waals surface area (Å²) in [4.78, 5) is 34.5. The Kier molecular flexibility index (Phi) is 7.78. The third-order valence-electron chi connectivity index (χ3n) is 5.92. The van der Waals surface area contributed by atoms with Crippen molar-refractivity contribution >= 4 is 30.7 Å². The van der Waals surface area contributed by atoms with Gasteiger partial charge in [0.05, 0.1) is 33.8 Å². The van der Waals surface area contributed by atoms with Crippen molar-refractivity contribution in [2.45, 2.75) is 51.0 Å². The zero-order chi connectivity index (χ0) is 31.0. The van der Waals surface area contributed by atoms with Crippen molar-refractivity contribution in [3.63, 3.8) is 0 Å². The first-order chi connectivity index (χ1) is 19.6. The molecule has 1 unspecified atom stereocenters. The molecule has 40 heavy (non-hydrogen) atoms. The lowest BCUT2D eigenvalue weighted by atomic mass is 9.97. The number of nitrogens with one attached hydrogen (secondary N) is 1. The molecule has 16 heteroatoms. The zero-order valence-corrected chi connectivity index (χ0v) is 22.6. The van der Waals surface area contributed by atoms with Gasteiger partial charge >= 0.3 is 13.6 Å². The van der Waals surface area contributed by atoms with E-state index >= 15 is 4.39 Å². The number of halogens is 2. The smallest absolute Gasteiger partial charge is 0.380 e. The standard InChI is InChI=1S/C24H30F2N5O8P/c1-13(2)37-21(34)14(3)10-40(35,39-15-7-5-4-6-8-15)36-9-16-18(32)24(26,11-25)22(38-16)31-12-28-17-19(31)29-23(27)30-20(17)33/h4-8,12-14,16,18,22,32H,9-11H2,1-3H3,(H3,27,29,30,33)/t14-,16-,18+,22-,24?,40+/m1/s1/i9D2. The van der Waals surface area contributed by atoms with Gasteiger partial charge in [0.2, 0.25) is 11.6 Å². The predicted octanol–water partition coefficient (Wildman–Crippen LogP) is 2.51. The van der Waals surface area contributed by atoms with Crippen LogP contribution in [0.25, 0.3) is 11.2 Å². The fraction of sp³-hybridized carbons (Fsp3) is 0.500. The average molecular weight is 588 g/mol. The van der Waals surface area contributed by atoms with Gasteiger partial charge in [0.1, 0.15) is 24.6 Å². The van der Waals surface area contributed by atoms with Crippen molar-refractivity contribution < 1.29 is 44.5 Å². The number of H-pyrrole nitrogens is 1. The van der Waals surface area contributed by atoms with Crippen LogP contribution >= 0.6 is 7.60 Å². The van der Waals surface area contributed by atoms with E-state index in [2.05, 4.69) is 15.0 Å². The van der Waals surface area contributed by atoms with Crippen molar-refractivity contribution in [2.24, 2.45) is 5.92 Å². The van der Waals surface area contributed by atoms with Crippen molar-refractivity contribution in [1.82, 2.24) is 19.5 Å². The van der Waals surface area contributed by atoms with Crippen LogP contribution in [0.2, 0.25) is 0 Å². The molecule has 4 rings (SSSR count). The number of aliphatic hydroxyl groups is 1. The van der Waals surface area contributed by atoms with Crippen LogP contribution in [-0.2, 0) is 23.4 Å². The summed E-state index contributed by atoms with van der Waals surface area (Å²) in [6.07, 6.45) is -7.24. The van der Waals surface area contributed by atoms with Gasteiger partial charge in [0, 0.05) is 0 Å². The SMILES string of the molecule is [2H]C([2H])(O[P@@](=O)(C[C@@H](C)C(=O)OC(C)C)Oc1ccccc1)[C@H]1O[C@@H](n2cnc3c(=O)[nH]c(N)nc32)C(F)(CF)[C@H]1O. The summed E-state index contributed by atoms with van der Waals surface area (Å²) in [5.41, 5.74) is 0.824. The fourth-order valence-corrected chi connectivity index (χ4v) is 5.71. The molecule has 3 heterocycles. The third kappa shape index (κ3) is 6.02. The van der Waals surface area contributed by atoms with E-state index in [1.54, 1.807) is 32.0 Å². The molecule has 0 aliphatic carbocycles. The van der Waals surface area contributed by atoms with Crippen LogP contribution in [0.1, 0.15) is 29.7 Å². The van der Waals surface area contributed by atoms with Crippen molar-refractivity contribution in [3.05, 3.63) is 47.0 Å². The zero-order valence-electron chi connectivity index (χ0n) is 23.7. The third-order valence-corrected chi connectivity index (χ3v) is 7.79. The molecule has 1 saturated heterocycles. The molecule has 1 aromatic carbocycles. The monoisotopic (exact) mass is 587 g/mol. The number of hydrogen-bond acceptors (Lipinski definition) is 11. The van der Waals surface area contributed by atoms with Gasteiger partial charge in [-0.05, 0) is 26.0 Å². The molecule has 0 amide bonds. The highest BCUT2D eigenvalue weighted by atomic mass is 31.2. The maximum atomic E-state index is 16.1. The molecule has 1 aliphatic heterocycles. The van der Waals surface area contributed by atoms with Gasteiger partial charge in [-0.3, -0.25) is 23.7 Å². The van der Waals surface area contributed by atoms with Crippen LogP contribution in [0.3, 0.4) is 0 Å². The van der Waals surface area contributed by atoms with Gasteiger partial charge in [-0.25, -0.2) is 18.3 Å². The van der Waals surface area contributed by atoms with E-state index in [-0.39, 0.29) is 22.9 Å². The quantitative estimate of drug-likeness (QED) is 0.222. The maximum absolute atomic E-state index is 16.1. The second-order valence-electron chi connectivity index (χ2n) is 9.48. The minimum absolute atomic E-state index is 0.00538. The van der Waals surface area contributed by atoms with Crippen LogP contribution < -0.4 is 15.8 Å². The number of esters is 1. The average Bonchev–Trinajstić information content (AvgIpc) is 3.42. The summed E-state index contributed by atoms with van der Waals surface area (Å²) < 4.78 is 83.5. The van der Waals surface area contributed by atoms with Crippen LogP contribution in [0.4, 0.5) is 14.7 Å². The van der Waals surface area contributed by atoms with E-state index in [4.69, 9.17) is 27.0 Å². The molecule has 1 fully saturated rings. The number of carbonyl (C=O) groups excluding carboxylic acids is 1. The molecule has 0 saturated carbocycles. The van der Waals surface area contributed by atoms with Gasteiger partial charge in [-0.1, -0.05) is 25.1 Å². The number of hydrogen-bond donors (Lipinski definition) is 3. The molecular formula is C24H30F2N5O8P. The predicted molar refractivity (Wildman–Crippen MR) is 138 cm³/mol. The summed E-state index contributed by atoms with van der Waals surface area (Å²) in [5.74, 6) is -2.26. The number of nitrogens with zero attached hydrogens (tertiary/aromatic N) is 3. The highest BCUT2D eigenvalue weighted by Gasteiger charge is 2.59. The Morgan fingerprint density at radius 3 is 2.73 bits per heavy atom. The van der Waals surface area contributed by atoms with Crippen LogP contribution in [-0.4, -0.2) is 74.0 Å². The molecule has 3 aromatic rings. The van der Waals surface area contributed by atoms with Gasteiger partial charge < -0.3 is 24.8 Å². The van der Waals surface area contributed by atoms with E-state index in [1.165, 1.54) is 19.1 Å². The summed E-state index contributed by atoms with van der Waals surface area (Å²) >= 11 is 0. The van der Waals surface area contributed by atoms with Crippen molar-refractivity contribution in [1.29, 1.82) is 0 Å². The molecule has 1 aliphatic rings. The Hall–Kier alpha value is -3.39. The van der Waals surface area contributed by atoms with Gasteiger partial charge in [0.15, 0.2) is 17.4 Å². The second kappa shape index (κ2) is 11.6. The number of aromatic nitrogens is 4. The molecule has 0 bridgehead atoms. The number of nitrogens with two attached hydrogens (primary N) is 1. The number of para-hydroxylation sites is 1. The minimum atomic E-state index is -4.65. The summed E-state index contributed by atoms with van der Waals surface area (Å²) in [6, 6.07) is 7.52. The fourth-order valence-electron chi connectivity index (χ4n) is 4.00. The number of carbonyl (C=O) groups is 1. The van der Waals surface area contributed by atoms with Crippen molar-refractivity contribution in [2.75, 3.05) is 25.1 Å². The lowest BCUT2D eigenvalue weighted by molar-refractivity contribution is -0.151. The Morgan fingerprint density at radius 2 is 2.08 bits per heavy atom. The van der Waals surface area contributed by atoms with E-state index in [0.717, 1.165) is 10.9 Å². The van der Waals surface area contributed by atoms with Crippen LogP contribution in [0.15, 0.2) is 41.5 Å². The van der Waals surface area contributed by atoms with Gasteiger partial charge in [-0.15, -0.1) is 0 Å². The Bertz CT molecular complexity index is 1540. The van der Waals surface area contributed by atoms with E-state index < -0.39 is 74.6 Å². The van der Waals surface area contributed by atoms with Crippen molar-refractivity contribution in [3.8, 4) is 5.75 Å². The molecular weight excluding hydrogens is 555 g/mol. The highest BCUT2D eigenvalue weighted by Crippen LogP contribution is 2.51. The minimum Gasteiger partial charge on any atom is -0.463 e. The van der Waals surface area contributed by atoms with Crippen LogP contribution in [0, 0.1) is 5.92 Å². The summed E-state index contributed by atoms with van der Waals surface area (Å²) in [5, 5.41) is 10.8. The number of aromatic amines is 1. The highest BCUT2D eigenvalue weighted by molar-refractivity contribution is 7.54. The number of anilines is 1. The molecule has 4 N–H and O–H groups in total. The Morgan fingerprint density at radius 1 is 1.38 bits per heavy atom. The van der Waals surface area contributed by atoms with Gasteiger partial charge in [-0.2, -0.15) is 4.98 Å². The lowest BCUT2D eigenvalue weighted by Gasteiger charge is -2.26. The molecule has 6 atom stereocenters. The number of imidazole rings is 1. The first kappa shape index (κ1) is 26.8. The van der Waals surface area contributed by atoms with Gasteiger partial charge in [0.25, 0.3) is 5.56 Å². The normalized spacial score (nSPS) is 26.2. The number of fused-ring (bicyclic) bond motifs is 1. The number of aliphatic hydroxyl groups excluding tert-OH is 1. The molecule has 0 spiro atoms. The number of nitrogen functional groups attached to an aromatic ring is 1. The second-order valence-corrected chi connectivity index (χ2v) is 11.4. The Labute approximate surface area is 230 Å². The van der Waals surface area contributed by atoms with E-state index in [0.29, 0.717) is 0 Å². The first-order valence-corrected chi connectivity index (χ1v) is 13.9. The maximum Gasteiger partial charge on any atom is 0.380 e.